The number of H-pyrrole nitrogens is 1. The van der Waals surface area contributed by atoms with Crippen LogP contribution in [0, 0.1) is 5.92 Å². The Labute approximate surface area is 139 Å². The number of nitrogens with one attached hydrogen (secondary N) is 1. The van der Waals surface area contributed by atoms with Crippen LogP contribution in [-0.2, 0) is 10.0 Å². The molecule has 0 spiro atoms. The van der Waals surface area contributed by atoms with Gasteiger partial charge in [0.05, 0.1) is 10.9 Å². The first-order valence-electron chi connectivity index (χ1n) is 7.67. The molecule has 24 heavy (non-hydrogen) atoms. The van der Waals surface area contributed by atoms with Gasteiger partial charge in [-0.25, -0.2) is 8.42 Å². The molecule has 0 radical (unpaired) electrons. The van der Waals surface area contributed by atoms with Crippen molar-refractivity contribution in [3.8, 4) is 0 Å². The van der Waals surface area contributed by atoms with E-state index in [2.05, 4.69) is 4.98 Å². The van der Waals surface area contributed by atoms with Gasteiger partial charge in [-0.1, -0.05) is 6.92 Å². The number of nitrogens with zero attached hydrogens (tertiary/aromatic N) is 1. The maximum Gasteiger partial charge on any atom is 0.249 e. The van der Waals surface area contributed by atoms with Gasteiger partial charge in [-0.05, 0) is 37.0 Å². The zero-order valence-corrected chi connectivity index (χ0v) is 13.9. The highest BCUT2D eigenvalue weighted by molar-refractivity contribution is 7.89. The molecule has 2 aromatic rings. The number of pyridine rings is 1. The number of carbonyl (C=O) groups is 1. The standard InChI is InChI=1S/C16H18N2O5S/c1-10-3-2-6-18(9-10)24(22,23)11-4-5-14-12(7-11)13(16(20)21)8-15(19)17-14/h4-5,7-8,10H,2-3,6,9H2,1H3,(H,17,19)(H,20,21)/p-1. The van der Waals surface area contributed by atoms with Crippen LogP contribution in [0.15, 0.2) is 34.0 Å². The van der Waals surface area contributed by atoms with Crippen LogP contribution in [0.2, 0.25) is 0 Å². The van der Waals surface area contributed by atoms with Crippen LogP contribution >= 0.6 is 0 Å². The van der Waals surface area contributed by atoms with Crippen molar-refractivity contribution in [2.45, 2.75) is 24.7 Å². The molecule has 1 N–H and O–H groups in total. The molecule has 1 unspecified atom stereocenters. The predicted octanol–water partition coefficient (Wildman–Crippen LogP) is 0.312. The van der Waals surface area contributed by atoms with Gasteiger partial charge in [0.1, 0.15) is 0 Å². The molecule has 0 saturated carbocycles. The molecular weight excluding hydrogens is 332 g/mol. The molecule has 0 aliphatic carbocycles. The first-order valence-corrected chi connectivity index (χ1v) is 9.11. The third-order valence-electron chi connectivity index (χ3n) is 4.29. The third kappa shape index (κ3) is 2.94. The van der Waals surface area contributed by atoms with Gasteiger partial charge in [-0.3, -0.25) is 4.79 Å². The number of aromatic carboxylic acids is 1. The van der Waals surface area contributed by atoms with E-state index in [1.54, 1.807) is 0 Å². The molecule has 8 heteroatoms. The van der Waals surface area contributed by atoms with Gasteiger partial charge in [0.15, 0.2) is 0 Å². The molecule has 1 saturated heterocycles. The molecular formula is C16H17N2O5S-. The maximum absolute atomic E-state index is 12.8. The molecule has 1 atom stereocenters. The molecule has 1 aliphatic rings. The molecule has 0 amide bonds. The molecule has 1 aromatic heterocycles. The van der Waals surface area contributed by atoms with Gasteiger partial charge in [0, 0.05) is 35.6 Å². The minimum Gasteiger partial charge on any atom is -0.545 e. The monoisotopic (exact) mass is 349 g/mol. The van der Waals surface area contributed by atoms with Crippen LogP contribution in [0.1, 0.15) is 30.1 Å². The van der Waals surface area contributed by atoms with Crippen molar-refractivity contribution in [1.82, 2.24) is 9.29 Å². The summed E-state index contributed by atoms with van der Waals surface area (Å²) in [4.78, 5) is 25.3. The van der Waals surface area contributed by atoms with Crippen LogP contribution in [-0.4, -0.2) is 36.8 Å². The summed E-state index contributed by atoms with van der Waals surface area (Å²) in [5.74, 6) is -1.24. The van der Waals surface area contributed by atoms with E-state index in [1.807, 2.05) is 6.92 Å². The minimum atomic E-state index is -3.71. The fraction of sp³-hybridized carbons (Fsp3) is 0.375. The summed E-state index contributed by atoms with van der Waals surface area (Å²) in [6.07, 6.45) is 1.78. The summed E-state index contributed by atoms with van der Waals surface area (Å²) in [5, 5.41) is 11.4. The van der Waals surface area contributed by atoms with E-state index in [1.165, 1.54) is 22.5 Å². The van der Waals surface area contributed by atoms with Crippen molar-refractivity contribution >= 4 is 26.9 Å². The van der Waals surface area contributed by atoms with Gasteiger partial charge in [-0.15, -0.1) is 0 Å². The van der Waals surface area contributed by atoms with Gasteiger partial charge < -0.3 is 14.9 Å². The van der Waals surface area contributed by atoms with Crippen molar-refractivity contribution in [1.29, 1.82) is 0 Å². The first kappa shape index (κ1) is 16.7. The Kier molecular flexibility index (Phi) is 4.18. The molecule has 128 valence electrons. The molecule has 2 heterocycles. The Balaban J connectivity index is 2.13. The number of rotatable bonds is 3. The second-order valence-corrected chi connectivity index (χ2v) is 8.09. The van der Waals surface area contributed by atoms with E-state index in [-0.39, 0.29) is 27.3 Å². The number of carbonyl (C=O) groups excluding carboxylic acids is 1. The Bertz CT molecular complexity index is 964. The normalized spacial score (nSPS) is 19.5. The average molecular weight is 349 g/mol. The van der Waals surface area contributed by atoms with E-state index in [9.17, 15) is 23.1 Å². The molecule has 7 nitrogen and oxygen atoms in total. The van der Waals surface area contributed by atoms with Gasteiger partial charge >= 0.3 is 0 Å². The zero-order valence-electron chi connectivity index (χ0n) is 13.1. The van der Waals surface area contributed by atoms with Crippen LogP contribution in [0.3, 0.4) is 0 Å². The van der Waals surface area contributed by atoms with Crippen molar-refractivity contribution in [2.75, 3.05) is 13.1 Å². The quantitative estimate of drug-likeness (QED) is 0.857. The predicted molar refractivity (Wildman–Crippen MR) is 86.1 cm³/mol. The summed E-state index contributed by atoms with van der Waals surface area (Å²) < 4.78 is 27.1. The van der Waals surface area contributed by atoms with Crippen LogP contribution in [0.4, 0.5) is 0 Å². The number of piperidine rings is 1. The SMILES string of the molecule is CC1CCCN(S(=O)(=O)c2ccc3[nH]c(=O)cc(C(=O)[O-])c3c2)C1. The molecule has 1 fully saturated rings. The van der Waals surface area contributed by atoms with Crippen LogP contribution < -0.4 is 10.7 Å². The van der Waals surface area contributed by atoms with Gasteiger partial charge in [0.2, 0.25) is 15.6 Å². The summed E-state index contributed by atoms with van der Waals surface area (Å²) in [5.41, 5.74) is -0.646. The van der Waals surface area contributed by atoms with E-state index >= 15 is 0 Å². The summed E-state index contributed by atoms with van der Waals surface area (Å²) >= 11 is 0. The summed E-state index contributed by atoms with van der Waals surface area (Å²) in [7, 11) is -3.71. The number of benzene rings is 1. The number of aromatic nitrogens is 1. The number of carboxylic acids is 1. The Morgan fingerprint density at radius 3 is 2.75 bits per heavy atom. The van der Waals surface area contributed by atoms with Crippen molar-refractivity contribution in [3.05, 3.63) is 40.2 Å². The topological polar surface area (TPSA) is 110 Å². The number of hydrogen-bond donors (Lipinski definition) is 1. The van der Waals surface area contributed by atoms with Crippen LogP contribution in [0.5, 0.6) is 0 Å². The Hall–Kier alpha value is -2.19. The fourth-order valence-corrected chi connectivity index (χ4v) is 4.70. The lowest BCUT2D eigenvalue weighted by Gasteiger charge is -2.30. The van der Waals surface area contributed by atoms with Crippen molar-refractivity contribution in [2.24, 2.45) is 5.92 Å². The highest BCUT2D eigenvalue weighted by Gasteiger charge is 2.28. The number of aromatic amines is 1. The maximum atomic E-state index is 12.8. The van der Waals surface area contributed by atoms with E-state index < -0.39 is 21.6 Å². The van der Waals surface area contributed by atoms with Crippen molar-refractivity contribution in [3.63, 3.8) is 0 Å². The number of fused-ring (bicyclic) bond motifs is 1. The number of carboxylic acid groups (broad SMARTS) is 1. The molecule has 1 aliphatic heterocycles. The van der Waals surface area contributed by atoms with E-state index in [0.717, 1.165) is 18.9 Å². The summed E-state index contributed by atoms with van der Waals surface area (Å²) in [6.45, 7) is 2.89. The average Bonchev–Trinajstić information content (AvgIpc) is 2.53. The van der Waals surface area contributed by atoms with Gasteiger partial charge in [0.25, 0.3) is 0 Å². The Morgan fingerprint density at radius 1 is 1.33 bits per heavy atom. The van der Waals surface area contributed by atoms with Crippen molar-refractivity contribution < 1.29 is 18.3 Å². The summed E-state index contributed by atoms with van der Waals surface area (Å²) in [6, 6.07) is 4.97. The molecule has 3 rings (SSSR count). The zero-order chi connectivity index (χ0) is 17.5. The second-order valence-electron chi connectivity index (χ2n) is 6.15. The first-order chi connectivity index (χ1) is 11.3. The molecule has 0 bridgehead atoms. The van der Waals surface area contributed by atoms with Gasteiger partial charge in [-0.2, -0.15) is 4.31 Å². The Morgan fingerprint density at radius 2 is 2.08 bits per heavy atom. The second kappa shape index (κ2) is 6.03. The fourth-order valence-electron chi connectivity index (χ4n) is 3.08. The third-order valence-corrected chi connectivity index (χ3v) is 6.15. The minimum absolute atomic E-state index is 0.0126. The smallest absolute Gasteiger partial charge is 0.249 e. The lowest BCUT2D eigenvalue weighted by atomic mass is 10.0. The van der Waals surface area contributed by atoms with E-state index in [0.29, 0.717) is 13.1 Å². The lowest BCUT2D eigenvalue weighted by Crippen LogP contribution is -2.39. The largest absolute Gasteiger partial charge is 0.545 e. The highest BCUT2D eigenvalue weighted by Crippen LogP contribution is 2.26. The molecule has 1 aromatic carbocycles. The number of sulfonamides is 1. The van der Waals surface area contributed by atoms with Crippen LogP contribution in [0.25, 0.3) is 10.9 Å². The highest BCUT2D eigenvalue weighted by atomic mass is 32.2. The van der Waals surface area contributed by atoms with E-state index in [4.69, 9.17) is 0 Å². The number of hydrogen-bond acceptors (Lipinski definition) is 5. The lowest BCUT2D eigenvalue weighted by molar-refractivity contribution is -0.254.